The molecule has 0 heterocycles. The monoisotopic (exact) mass is 288 g/mol. The Hall–Kier alpha value is -1.35. The Balaban J connectivity index is 2.89. The predicted octanol–water partition coefficient (Wildman–Crippen LogP) is 4.42. The largest absolute Gasteiger partial charge is 0.391 e. The summed E-state index contributed by atoms with van der Waals surface area (Å²) in [5.41, 5.74) is 0.862. The van der Waals surface area contributed by atoms with Gasteiger partial charge in [-0.25, -0.2) is 0 Å². The Morgan fingerprint density at radius 3 is 2.63 bits per heavy atom. The number of nitriles is 1. The molecule has 1 unspecified atom stereocenters. The number of benzene rings is 1. The Labute approximate surface area is 115 Å². The molecule has 19 heavy (non-hydrogen) atoms. The molecule has 2 nitrogen and oxygen atoms in total. The second kappa shape index (κ2) is 6.71. The van der Waals surface area contributed by atoms with Gasteiger partial charge in [0.1, 0.15) is 6.07 Å². The Bertz CT molecular complexity index is 466. The van der Waals surface area contributed by atoms with E-state index in [4.69, 9.17) is 5.26 Å². The van der Waals surface area contributed by atoms with Gasteiger partial charge >= 0.3 is 6.18 Å². The molecule has 0 saturated heterocycles. The topological polar surface area (TPSA) is 35.8 Å². The number of nitrogens with zero attached hydrogens (tertiary/aromatic N) is 1. The SMILES string of the molecule is CCSc1cccc(NC(C)CC(F)(F)F)c1C#N. The number of alkyl halides is 3. The molecule has 1 atom stereocenters. The van der Waals surface area contributed by atoms with E-state index in [1.165, 1.54) is 18.7 Å². The maximum Gasteiger partial charge on any atom is 0.391 e. The first-order chi connectivity index (χ1) is 8.87. The first kappa shape index (κ1) is 15.7. The number of hydrogen-bond donors (Lipinski definition) is 1. The zero-order chi connectivity index (χ0) is 14.5. The van der Waals surface area contributed by atoms with E-state index in [-0.39, 0.29) is 0 Å². The molecule has 1 N–H and O–H groups in total. The number of rotatable bonds is 5. The molecule has 0 fully saturated rings. The molecule has 104 valence electrons. The van der Waals surface area contributed by atoms with Crippen LogP contribution >= 0.6 is 11.8 Å². The van der Waals surface area contributed by atoms with Crippen molar-refractivity contribution in [3.05, 3.63) is 23.8 Å². The lowest BCUT2D eigenvalue weighted by Crippen LogP contribution is -2.24. The summed E-state index contributed by atoms with van der Waals surface area (Å²) in [6.45, 7) is 3.41. The van der Waals surface area contributed by atoms with Crippen molar-refractivity contribution in [1.82, 2.24) is 0 Å². The third kappa shape index (κ3) is 5.03. The van der Waals surface area contributed by atoms with Crippen LogP contribution in [0.15, 0.2) is 23.1 Å². The van der Waals surface area contributed by atoms with Gasteiger partial charge in [-0.05, 0) is 24.8 Å². The first-order valence-electron chi connectivity index (χ1n) is 5.86. The Morgan fingerprint density at radius 2 is 2.11 bits per heavy atom. The van der Waals surface area contributed by atoms with Crippen LogP contribution in [0.4, 0.5) is 18.9 Å². The van der Waals surface area contributed by atoms with Gasteiger partial charge in [-0.1, -0.05) is 13.0 Å². The number of nitrogens with one attached hydrogen (secondary N) is 1. The van der Waals surface area contributed by atoms with E-state index in [0.29, 0.717) is 11.3 Å². The highest BCUT2D eigenvalue weighted by Gasteiger charge is 2.30. The van der Waals surface area contributed by atoms with Gasteiger partial charge in [-0.2, -0.15) is 18.4 Å². The second-order valence-corrected chi connectivity index (χ2v) is 5.39. The smallest absolute Gasteiger partial charge is 0.381 e. The molecule has 0 aliphatic rings. The molecule has 1 aromatic rings. The zero-order valence-corrected chi connectivity index (χ0v) is 11.5. The predicted molar refractivity (Wildman–Crippen MR) is 71.3 cm³/mol. The lowest BCUT2D eigenvalue weighted by molar-refractivity contribution is -0.136. The van der Waals surface area contributed by atoms with E-state index in [1.807, 2.05) is 6.92 Å². The fraction of sp³-hybridized carbons (Fsp3) is 0.462. The third-order valence-electron chi connectivity index (χ3n) is 2.38. The summed E-state index contributed by atoms with van der Waals surface area (Å²) in [4.78, 5) is 0.786. The summed E-state index contributed by atoms with van der Waals surface area (Å²) in [6.07, 6.45) is -5.14. The summed E-state index contributed by atoms with van der Waals surface area (Å²) in [5.74, 6) is 0.802. The first-order valence-corrected chi connectivity index (χ1v) is 6.85. The van der Waals surface area contributed by atoms with Crippen molar-refractivity contribution in [2.75, 3.05) is 11.1 Å². The van der Waals surface area contributed by atoms with Crippen LogP contribution in [-0.4, -0.2) is 18.0 Å². The number of hydrogen-bond acceptors (Lipinski definition) is 3. The van der Waals surface area contributed by atoms with Crippen molar-refractivity contribution < 1.29 is 13.2 Å². The van der Waals surface area contributed by atoms with Crippen molar-refractivity contribution in [3.8, 4) is 6.07 Å². The van der Waals surface area contributed by atoms with Crippen LogP contribution in [0.1, 0.15) is 25.8 Å². The lowest BCUT2D eigenvalue weighted by atomic mass is 10.1. The molecule has 1 rings (SSSR count). The normalized spacial score (nSPS) is 12.8. The van der Waals surface area contributed by atoms with Gasteiger partial charge in [0.05, 0.1) is 17.7 Å². The van der Waals surface area contributed by atoms with Crippen molar-refractivity contribution >= 4 is 17.4 Å². The molecule has 0 bridgehead atoms. The molecule has 0 aromatic heterocycles. The van der Waals surface area contributed by atoms with Crippen LogP contribution in [0.25, 0.3) is 0 Å². The van der Waals surface area contributed by atoms with Crippen molar-refractivity contribution in [1.29, 1.82) is 5.26 Å². The van der Waals surface area contributed by atoms with Gasteiger partial charge in [-0.15, -0.1) is 11.8 Å². The number of thioether (sulfide) groups is 1. The van der Waals surface area contributed by atoms with Crippen molar-refractivity contribution in [3.63, 3.8) is 0 Å². The van der Waals surface area contributed by atoms with Gasteiger partial charge in [-0.3, -0.25) is 0 Å². The fourth-order valence-corrected chi connectivity index (χ4v) is 2.49. The standard InChI is InChI=1S/C13H15F3N2S/c1-3-19-12-6-4-5-11(10(12)8-17)18-9(2)7-13(14,15)16/h4-6,9,18H,3,7H2,1-2H3. The minimum absolute atomic E-state index is 0.406. The average Bonchev–Trinajstić information content (AvgIpc) is 2.27. The van der Waals surface area contributed by atoms with E-state index in [0.717, 1.165) is 10.6 Å². The van der Waals surface area contributed by atoms with Gasteiger partial charge in [0.15, 0.2) is 0 Å². The highest BCUT2D eigenvalue weighted by atomic mass is 32.2. The molecule has 0 saturated carbocycles. The van der Waals surface area contributed by atoms with E-state index >= 15 is 0 Å². The molecule has 6 heteroatoms. The highest BCUT2D eigenvalue weighted by molar-refractivity contribution is 7.99. The van der Waals surface area contributed by atoms with E-state index in [2.05, 4.69) is 11.4 Å². The summed E-state index contributed by atoms with van der Waals surface area (Å²) in [7, 11) is 0. The minimum Gasteiger partial charge on any atom is -0.381 e. The fourth-order valence-electron chi connectivity index (χ4n) is 1.71. The molecule has 0 amide bonds. The lowest BCUT2D eigenvalue weighted by Gasteiger charge is -2.18. The zero-order valence-electron chi connectivity index (χ0n) is 10.7. The van der Waals surface area contributed by atoms with Gasteiger partial charge < -0.3 is 5.32 Å². The highest BCUT2D eigenvalue weighted by Crippen LogP contribution is 2.29. The molecular formula is C13H15F3N2S. The quantitative estimate of drug-likeness (QED) is 0.814. The molecule has 1 aromatic carbocycles. The van der Waals surface area contributed by atoms with Crippen LogP contribution < -0.4 is 5.32 Å². The molecule has 0 spiro atoms. The summed E-state index contributed by atoms with van der Waals surface area (Å²) in [5, 5.41) is 11.9. The molecular weight excluding hydrogens is 273 g/mol. The summed E-state index contributed by atoms with van der Waals surface area (Å²) < 4.78 is 36.8. The Morgan fingerprint density at radius 1 is 1.42 bits per heavy atom. The maximum atomic E-state index is 12.3. The third-order valence-corrected chi connectivity index (χ3v) is 3.32. The molecule has 0 radical (unpaired) electrons. The van der Waals surface area contributed by atoms with Crippen LogP contribution in [0.2, 0.25) is 0 Å². The van der Waals surface area contributed by atoms with Crippen LogP contribution in [0.5, 0.6) is 0 Å². The average molecular weight is 288 g/mol. The second-order valence-electron chi connectivity index (χ2n) is 4.09. The Kier molecular flexibility index (Phi) is 5.55. The molecule has 0 aliphatic carbocycles. The van der Waals surface area contributed by atoms with Crippen LogP contribution in [0, 0.1) is 11.3 Å². The summed E-state index contributed by atoms with van der Waals surface area (Å²) >= 11 is 1.50. The number of halogens is 3. The maximum absolute atomic E-state index is 12.3. The van der Waals surface area contributed by atoms with Crippen LogP contribution in [-0.2, 0) is 0 Å². The van der Waals surface area contributed by atoms with Crippen LogP contribution in [0.3, 0.4) is 0 Å². The van der Waals surface area contributed by atoms with Gasteiger partial charge in [0, 0.05) is 10.9 Å². The van der Waals surface area contributed by atoms with Crippen molar-refractivity contribution in [2.24, 2.45) is 0 Å². The van der Waals surface area contributed by atoms with Crippen molar-refractivity contribution in [2.45, 2.75) is 37.4 Å². The van der Waals surface area contributed by atoms with E-state index in [9.17, 15) is 13.2 Å². The van der Waals surface area contributed by atoms with Gasteiger partial charge in [0.25, 0.3) is 0 Å². The van der Waals surface area contributed by atoms with E-state index in [1.54, 1.807) is 18.2 Å². The minimum atomic E-state index is -4.21. The summed E-state index contributed by atoms with van der Waals surface area (Å²) in [6, 6.07) is 6.45. The molecule has 0 aliphatic heterocycles. The van der Waals surface area contributed by atoms with Gasteiger partial charge in [0.2, 0.25) is 0 Å². The number of anilines is 1. The van der Waals surface area contributed by atoms with E-state index < -0.39 is 18.6 Å².